The molecule has 2 aromatic rings. The molecule has 6 heteroatoms. The third-order valence-corrected chi connectivity index (χ3v) is 6.10. The highest BCUT2D eigenvalue weighted by Gasteiger charge is 2.28. The Kier molecular flexibility index (Phi) is 10.1. The van der Waals surface area contributed by atoms with Crippen molar-refractivity contribution in [2.75, 3.05) is 13.2 Å². The number of ether oxygens (including phenoxy) is 3. The fourth-order valence-corrected chi connectivity index (χ4v) is 4.05. The van der Waals surface area contributed by atoms with Gasteiger partial charge in [0.25, 0.3) is 0 Å². The first-order valence-electron chi connectivity index (χ1n) is 12.1. The second-order valence-corrected chi connectivity index (χ2v) is 8.82. The van der Waals surface area contributed by atoms with Crippen LogP contribution in [-0.2, 0) is 16.1 Å². The van der Waals surface area contributed by atoms with E-state index in [4.69, 9.17) is 14.2 Å². The minimum absolute atomic E-state index is 0.0537. The third kappa shape index (κ3) is 7.47. The Morgan fingerprint density at radius 2 is 1.73 bits per heavy atom. The number of aryl methyl sites for hydroxylation is 1. The van der Waals surface area contributed by atoms with Crippen LogP contribution in [0.25, 0.3) is 0 Å². The van der Waals surface area contributed by atoms with Crippen molar-refractivity contribution in [2.45, 2.75) is 84.0 Å². The van der Waals surface area contributed by atoms with E-state index in [2.05, 4.69) is 6.92 Å². The first-order valence-corrected chi connectivity index (χ1v) is 12.1. The Morgan fingerprint density at radius 1 is 0.939 bits per heavy atom. The number of rotatable bonds is 12. The van der Waals surface area contributed by atoms with Gasteiger partial charge in [0.1, 0.15) is 5.82 Å². The predicted molar refractivity (Wildman–Crippen MR) is 123 cm³/mol. The molecule has 0 aliphatic carbocycles. The maximum absolute atomic E-state index is 14.7. The van der Waals surface area contributed by atoms with Crippen LogP contribution in [0.3, 0.4) is 0 Å². The highest BCUT2D eigenvalue weighted by Crippen LogP contribution is 2.34. The zero-order valence-electron chi connectivity index (χ0n) is 19.7. The highest BCUT2D eigenvalue weighted by molar-refractivity contribution is 5.32. The van der Waals surface area contributed by atoms with Crippen molar-refractivity contribution in [3.8, 4) is 5.75 Å². The summed E-state index contributed by atoms with van der Waals surface area (Å²) in [6.45, 7) is 4.78. The van der Waals surface area contributed by atoms with Crippen LogP contribution in [0.15, 0.2) is 30.3 Å². The first-order chi connectivity index (χ1) is 16.0. The van der Waals surface area contributed by atoms with Gasteiger partial charge >= 0.3 is 0 Å². The molecule has 0 saturated carbocycles. The van der Waals surface area contributed by atoms with Crippen LogP contribution in [0.5, 0.6) is 5.75 Å². The van der Waals surface area contributed by atoms with Crippen LogP contribution >= 0.6 is 0 Å². The van der Waals surface area contributed by atoms with E-state index in [-0.39, 0.29) is 36.4 Å². The quantitative estimate of drug-likeness (QED) is 0.303. The molecule has 1 saturated heterocycles. The molecule has 33 heavy (non-hydrogen) atoms. The second kappa shape index (κ2) is 13.0. The largest absolute Gasteiger partial charge is 0.490 e. The predicted octanol–water partition coefficient (Wildman–Crippen LogP) is 7.59. The Bertz CT molecular complexity index is 879. The smallest absolute Gasteiger partial charge is 0.200 e. The van der Waals surface area contributed by atoms with E-state index in [1.807, 2.05) is 13.0 Å². The summed E-state index contributed by atoms with van der Waals surface area (Å²) in [5.74, 6) is -2.22. The molecule has 0 spiro atoms. The molecule has 0 radical (unpaired) electrons. The van der Waals surface area contributed by atoms with Gasteiger partial charge in [-0.1, -0.05) is 51.2 Å². The molecule has 3 rings (SSSR count). The molecule has 182 valence electrons. The number of hydrogen-bond donors (Lipinski definition) is 0. The van der Waals surface area contributed by atoms with E-state index in [1.54, 1.807) is 12.1 Å². The molecule has 1 fully saturated rings. The van der Waals surface area contributed by atoms with Crippen LogP contribution < -0.4 is 4.74 Å². The Balaban J connectivity index is 1.45. The van der Waals surface area contributed by atoms with Crippen LogP contribution in [-0.4, -0.2) is 19.3 Å². The zero-order chi connectivity index (χ0) is 23.6. The summed E-state index contributed by atoms with van der Waals surface area (Å²) in [6, 6.07) is 8.06. The molecule has 2 unspecified atom stereocenters. The van der Waals surface area contributed by atoms with Gasteiger partial charge < -0.3 is 14.2 Å². The highest BCUT2D eigenvalue weighted by atomic mass is 19.2. The summed E-state index contributed by atoms with van der Waals surface area (Å²) >= 11 is 0. The molecule has 1 heterocycles. The fourth-order valence-electron chi connectivity index (χ4n) is 4.05. The Morgan fingerprint density at radius 3 is 2.45 bits per heavy atom. The second-order valence-electron chi connectivity index (χ2n) is 8.82. The molecule has 0 aromatic heterocycles. The molecule has 0 bridgehead atoms. The van der Waals surface area contributed by atoms with Gasteiger partial charge in [0.05, 0.1) is 32.0 Å². The first kappa shape index (κ1) is 25.6. The molecule has 1 aliphatic rings. The summed E-state index contributed by atoms with van der Waals surface area (Å²) in [5, 5.41) is 0. The van der Waals surface area contributed by atoms with Gasteiger partial charge in [-0.25, -0.2) is 8.78 Å². The summed E-state index contributed by atoms with van der Waals surface area (Å²) < 4.78 is 60.2. The minimum Gasteiger partial charge on any atom is -0.490 e. The summed E-state index contributed by atoms with van der Waals surface area (Å²) in [5.41, 5.74) is 1.54. The standard InChI is InChI=1S/C27H35F3O3/c1-3-4-5-6-7-8-15-31-25-14-12-22(26(29)27(25)30)24-13-11-21(18-33-24)32-17-20-10-9-19(2)16-23(20)28/h9-10,12,14,16,21,24H,3-8,11,13,15,17-18H2,1-2H3. The average Bonchev–Trinajstić information content (AvgIpc) is 2.81. The maximum atomic E-state index is 14.7. The minimum atomic E-state index is -0.963. The molecule has 0 N–H and O–H groups in total. The monoisotopic (exact) mass is 464 g/mol. The summed E-state index contributed by atoms with van der Waals surface area (Å²) in [6.07, 6.45) is 6.97. The lowest BCUT2D eigenvalue weighted by molar-refractivity contribution is -0.0933. The molecule has 2 atom stereocenters. The lowest BCUT2D eigenvalue weighted by Gasteiger charge is -2.29. The van der Waals surface area contributed by atoms with Crippen LogP contribution in [0.2, 0.25) is 0 Å². The van der Waals surface area contributed by atoms with Crippen molar-refractivity contribution in [1.29, 1.82) is 0 Å². The SMILES string of the molecule is CCCCCCCCOc1ccc(C2CCC(OCc3ccc(C)cc3F)CO2)c(F)c1F. The summed E-state index contributed by atoms with van der Waals surface area (Å²) in [7, 11) is 0. The normalized spacial score (nSPS) is 18.5. The van der Waals surface area contributed by atoms with Crippen molar-refractivity contribution < 1.29 is 27.4 Å². The van der Waals surface area contributed by atoms with Crippen molar-refractivity contribution in [2.24, 2.45) is 0 Å². The number of unbranched alkanes of at least 4 members (excludes halogenated alkanes) is 5. The molecule has 2 aromatic carbocycles. The Hall–Kier alpha value is -2.05. The van der Waals surface area contributed by atoms with E-state index >= 15 is 0 Å². The van der Waals surface area contributed by atoms with E-state index in [9.17, 15) is 13.2 Å². The van der Waals surface area contributed by atoms with Crippen molar-refractivity contribution >= 4 is 0 Å². The topological polar surface area (TPSA) is 27.7 Å². The van der Waals surface area contributed by atoms with Gasteiger partial charge in [-0.3, -0.25) is 0 Å². The Labute approximate surface area is 195 Å². The average molecular weight is 465 g/mol. The zero-order valence-corrected chi connectivity index (χ0v) is 19.7. The number of halogens is 3. The lowest BCUT2D eigenvalue weighted by atomic mass is 9.99. The fraction of sp³-hybridized carbons (Fsp3) is 0.556. The van der Waals surface area contributed by atoms with E-state index in [0.29, 0.717) is 25.0 Å². The van der Waals surface area contributed by atoms with Crippen LogP contribution in [0.4, 0.5) is 13.2 Å². The van der Waals surface area contributed by atoms with E-state index in [1.165, 1.54) is 31.4 Å². The molecular weight excluding hydrogens is 429 g/mol. The van der Waals surface area contributed by atoms with E-state index < -0.39 is 17.7 Å². The van der Waals surface area contributed by atoms with Gasteiger partial charge in [-0.2, -0.15) is 4.39 Å². The lowest BCUT2D eigenvalue weighted by Crippen LogP contribution is -2.28. The van der Waals surface area contributed by atoms with Crippen molar-refractivity contribution in [1.82, 2.24) is 0 Å². The number of hydrogen-bond acceptors (Lipinski definition) is 3. The van der Waals surface area contributed by atoms with Crippen LogP contribution in [0.1, 0.15) is 81.1 Å². The molecule has 3 nitrogen and oxygen atoms in total. The van der Waals surface area contributed by atoms with Gasteiger partial charge in [0.2, 0.25) is 5.82 Å². The van der Waals surface area contributed by atoms with Gasteiger partial charge in [0.15, 0.2) is 11.6 Å². The van der Waals surface area contributed by atoms with E-state index in [0.717, 1.165) is 24.8 Å². The number of benzene rings is 2. The molecular formula is C27H35F3O3. The summed E-state index contributed by atoms with van der Waals surface area (Å²) in [4.78, 5) is 0. The third-order valence-electron chi connectivity index (χ3n) is 6.10. The van der Waals surface area contributed by atoms with Crippen LogP contribution in [0, 0.1) is 24.4 Å². The van der Waals surface area contributed by atoms with Crippen molar-refractivity contribution in [3.63, 3.8) is 0 Å². The van der Waals surface area contributed by atoms with Gasteiger partial charge in [-0.15, -0.1) is 0 Å². The molecule has 0 amide bonds. The van der Waals surface area contributed by atoms with Crippen molar-refractivity contribution in [3.05, 3.63) is 64.5 Å². The van der Waals surface area contributed by atoms with Gasteiger partial charge in [0, 0.05) is 11.1 Å². The molecule has 1 aliphatic heterocycles. The maximum Gasteiger partial charge on any atom is 0.200 e. The van der Waals surface area contributed by atoms with Gasteiger partial charge in [-0.05, 0) is 49.9 Å².